The molecule has 0 unspecified atom stereocenters. The van der Waals surface area contributed by atoms with Crippen LogP contribution >= 0.6 is 0 Å². The average molecular weight is 410 g/mol. The second-order valence-corrected chi connectivity index (χ2v) is 6.73. The van der Waals surface area contributed by atoms with Crippen molar-refractivity contribution in [3.63, 3.8) is 0 Å². The summed E-state index contributed by atoms with van der Waals surface area (Å²) in [7, 11) is 0. The van der Waals surface area contributed by atoms with Gasteiger partial charge in [0.05, 0.1) is 28.9 Å². The number of anilines is 1. The van der Waals surface area contributed by atoms with Gasteiger partial charge in [0.1, 0.15) is 6.07 Å². The first kappa shape index (κ1) is 19.9. The van der Waals surface area contributed by atoms with E-state index in [9.17, 15) is 14.9 Å². The Kier molecular flexibility index (Phi) is 5.21. The first-order valence-corrected chi connectivity index (χ1v) is 9.64. The van der Waals surface area contributed by atoms with Gasteiger partial charge in [-0.3, -0.25) is 4.79 Å². The van der Waals surface area contributed by atoms with Crippen LogP contribution in [0.3, 0.4) is 0 Å². The molecular formula is C24H18N4O3. The minimum atomic E-state index is -0.680. The van der Waals surface area contributed by atoms with E-state index >= 15 is 0 Å². The third-order valence-corrected chi connectivity index (χ3v) is 4.89. The lowest BCUT2D eigenvalue weighted by Crippen LogP contribution is -2.26. The number of carbonyl (C=O) groups excluding carboxylic acids is 1. The Morgan fingerprint density at radius 2 is 1.77 bits per heavy atom. The van der Waals surface area contributed by atoms with Crippen LogP contribution in [0.1, 0.15) is 23.0 Å². The molecule has 0 spiro atoms. The molecule has 0 saturated carbocycles. The number of ether oxygens (including phenoxy) is 1. The fourth-order valence-corrected chi connectivity index (χ4v) is 3.49. The van der Waals surface area contributed by atoms with E-state index in [-0.39, 0.29) is 34.3 Å². The van der Waals surface area contributed by atoms with E-state index in [1.54, 1.807) is 43.3 Å². The summed E-state index contributed by atoms with van der Waals surface area (Å²) >= 11 is 0. The molecule has 7 heteroatoms. The maximum Gasteiger partial charge on any atom is 0.359 e. The molecule has 0 aliphatic carbocycles. The third-order valence-electron chi connectivity index (χ3n) is 4.89. The maximum atomic E-state index is 13.4. The largest absolute Gasteiger partial charge is 0.461 e. The van der Waals surface area contributed by atoms with Crippen molar-refractivity contribution >= 4 is 22.4 Å². The number of esters is 1. The van der Waals surface area contributed by atoms with Gasteiger partial charge in [0.2, 0.25) is 0 Å². The summed E-state index contributed by atoms with van der Waals surface area (Å²) < 4.78 is 6.29. The van der Waals surface area contributed by atoms with Crippen LogP contribution in [-0.4, -0.2) is 22.4 Å². The Hall–Kier alpha value is -4.44. The van der Waals surface area contributed by atoms with Crippen molar-refractivity contribution in [3.05, 3.63) is 88.3 Å². The summed E-state index contributed by atoms with van der Waals surface area (Å²) in [4.78, 5) is 26.1. The molecule has 31 heavy (non-hydrogen) atoms. The topological polar surface area (TPSA) is 111 Å². The van der Waals surface area contributed by atoms with E-state index in [0.29, 0.717) is 11.3 Å². The lowest BCUT2D eigenvalue weighted by molar-refractivity contribution is 0.0520. The van der Waals surface area contributed by atoms with Crippen LogP contribution in [0.25, 0.3) is 27.6 Å². The Morgan fingerprint density at radius 3 is 2.39 bits per heavy atom. The Labute approximate surface area is 177 Å². The summed E-state index contributed by atoms with van der Waals surface area (Å²) in [6, 6.07) is 21.5. The molecule has 0 bridgehead atoms. The fraction of sp³-hybridized carbons (Fsp3) is 0.0833. The number of nitriles is 1. The molecule has 0 atom stereocenters. The number of nitrogen functional groups attached to an aromatic ring is 1. The van der Waals surface area contributed by atoms with Gasteiger partial charge in [0.15, 0.2) is 5.69 Å². The van der Waals surface area contributed by atoms with Crippen molar-refractivity contribution in [3.8, 4) is 22.9 Å². The molecule has 2 N–H and O–H groups in total. The average Bonchev–Trinajstić information content (AvgIpc) is 2.80. The van der Waals surface area contributed by atoms with Crippen molar-refractivity contribution < 1.29 is 9.53 Å². The summed E-state index contributed by atoms with van der Waals surface area (Å²) in [6.45, 7) is 1.83. The van der Waals surface area contributed by atoms with E-state index in [0.717, 1.165) is 10.2 Å². The summed E-state index contributed by atoms with van der Waals surface area (Å²) in [5.74, 6) is -0.680. The minimum Gasteiger partial charge on any atom is -0.461 e. The molecule has 1 aromatic heterocycles. The Balaban J connectivity index is 2.16. The van der Waals surface area contributed by atoms with Crippen molar-refractivity contribution in [2.75, 3.05) is 12.3 Å². The molecule has 1 heterocycles. The van der Waals surface area contributed by atoms with E-state index in [1.807, 2.05) is 30.3 Å². The molecule has 4 aromatic rings. The maximum absolute atomic E-state index is 13.4. The predicted molar refractivity (Wildman–Crippen MR) is 118 cm³/mol. The van der Waals surface area contributed by atoms with Crippen LogP contribution in [0, 0.1) is 11.3 Å². The van der Waals surface area contributed by atoms with Crippen molar-refractivity contribution in [1.82, 2.24) is 9.78 Å². The normalized spacial score (nSPS) is 10.6. The molecule has 0 aliphatic heterocycles. The zero-order valence-electron chi connectivity index (χ0n) is 16.7. The first-order chi connectivity index (χ1) is 15.1. The quantitative estimate of drug-likeness (QED) is 0.406. The van der Waals surface area contributed by atoms with E-state index in [2.05, 4.69) is 11.2 Å². The molecular weight excluding hydrogens is 392 g/mol. The number of para-hydroxylation sites is 1. The summed E-state index contributed by atoms with van der Waals surface area (Å²) in [5, 5.41) is 14.4. The van der Waals surface area contributed by atoms with Gasteiger partial charge in [0.25, 0.3) is 5.56 Å². The van der Waals surface area contributed by atoms with Gasteiger partial charge in [0, 0.05) is 10.9 Å². The summed E-state index contributed by atoms with van der Waals surface area (Å²) in [6.07, 6.45) is 0. The number of benzene rings is 3. The van der Waals surface area contributed by atoms with Crippen molar-refractivity contribution in [2.45, 2.75) is 6.92 Å². The number of hydrogen-bond acceptors (Lipinski definition) is 6. The van der Waals surface area contributed by atoms with Crippen LogP contribution < -0.4 is 11.3 Å². The highest BCUT2D eigenvalue weighted by Crippen LogP contribution is 2.34. The fourth-order valence-electron chi connectivity index (χ4n) is 3.49. The van der Waals surface area contributed by atoms with Crippen LogP contribution in [0.5, 0.6) is 0 Å². The first-order valence-electron chi connectivity index (χ1n) is 9.64. The standard InChI is InChI=1S/C24H18N4O3/c1-2-31-24(30)22-18-13-17(15-9-5-3-6-10-15)19(14-25)21(26)20(18)23(29)28(27-22)16-11-7-4-8-12-16/h3-13H,2,26H2,1H3. The molecule has 4 rings (SSSR count). The second-order valence-electron chi connectivity index (χ2n) is 6.73. The van der Waals surface area contributed by atoms with Gasteiger partial charge in [-0.05, 0) is 30.7 Å². The zero-order valence-corrected chi connectivity index (χ0v) is 16.7. The zero-order chi connectivity index (χ0) is 22.0. The molecule has 0 fully saturated rings. The number of carbonyl (C=O) groups is 1. The molecule has 3 aromatic carbocycles. The van der Waals surface area contributed by atoms with Crippen LogP contribution in [0.4, 0.5) is 5.69 Å². The van der Waals surface area contributed by atoms with Gasteiger partial charge < -0.3 is 10.5 Å². The third kappa shape index (κ3) is 3.40. The van der Waals surface area contributed by atoms with Gasteiger partial charge in [-0.1, -0.05) is 48.5 Å². The molecule has 0 radical (unpaired) electrons. The monoisotopic (exact) mass is 410 g/mol. The molecule has 7 nitrogen and oxygen atoms in total. The van der Waals surface area contributed by atoms with Crippen molar-refractivity contribution in [1.29, 1.82) is 5.26 Å². The summed E-state index contributed by atoms with van der Waals surface area (Å²) in [5.41, 5.74) is 7.64. The van der Waals surface area contributed by atoms with Crippen LogP contribution in [0.2, 0.25) is 0 Å². The number of rotatable bonds is 4. The number of hydrogen-bond donors (Lipinski definition) is 1. The number of fused-ring (bicyclic) bond motifs is 1. The SMILES string of the molecule is CCOC(=O)c1nn(-c2ccccc2)c(=O)c2c(N)c(C#N)c(-c3ccccc3)cc12. The number of aromatic nitrogens is 2. The number of nitrogens with zero attached hydrogens (tertiary/aromatic N) is 3. The lowest BCUT2D eigenvalue weighted by Gasteiger charge is -2.15. The van der Waals surface area contributed by atoms with E-state index in [4.69, 9.17) is 10.5 Å². The highest BCUT2D eigenvalue weighted by atomic mass is 16.5. The molecule has 152 valence electrons. The predicted octanol–water partition coefficient (Wildman–Crippen LogP) is 3.68. The van der Waals surface area contributed by atoms with Crippen LogP contribution in [-0.2, 0) is 4.74 Å². The van der Waals surface area contributed by atoms with E-state index < -0.39 is 11.5 Å². The van der Waals surface area contributed by atoms with Gasteiger partial charge in [-0.15, -0.1) is 0 Å². The molecule has 0 aliphatic rings. The van der Waals surface area contributed by atoms with Gasteiger partial charge in [-0.25, -0.2) is 4.79 Å². The van der Waals surface area contributed by atoms with Gasteiger partial charge >= 0.3 is 5.97 Å². The van der Waals surface area contributed by atoms with Gasteiger partial charge in [-0.2, -0.15) is 15.0 Å². The molecule has 0 saturated heterocycles. The Morgan fingerprint density at radius 1 is 1.13 bits per heavy atom. The smallest absolute Gasteiger partial charge is 0.359 e. The van der Waals surface area contributed by atoms with E-state index in [1.165, 1.54) is 0 Å². The lowest BCUT2D eigenvalue weighted by atomic mass is 9.94. The van der Waals surface area contributed by atoms with Crippen molar-refractivity contribution in [2.24, 2.45) is 0 Å². The molecule has 0 amide bonds. The Bertz CT molecular complexity index is 1390. The highest BCUT2D eigenvalue weighted by molar-refractivity contribution is 6.09. The van der Waals surface area contributed by atoms with Crippen LogP contribution in [0.15, 0.2) is 71.5 Å². The number of nitrogens with two attached hydrogens (primary N) is 1. The second kappa shape index (κ2) is 8.13. The highest BCUT2D eigenvalue weighted by Gasteiger charge is 2.24. The minimum absolute atomic E-state index is 0.00137.